The first-order chi connectivity index (χ1) is 9.47. The van der Waals surface area contributed by atoms with Crippen LogP contribution in [0, 0.1) is 17.6 Å². The molecular formula is C14H19F2N3O. The third-order valence-electron chi connectivity index (χ3n) is 3.65. The summed E-state index contributed by atoms with van der Waals surface area (Å²) in [4.78, 5) is 13.8. The maximum absolute atomic E-state index is 13.4. The smallest absolute Gasteiger partial charge is 0.238 e. The maximum Gasteiger partial charge on any atom is 0.238 e. The van der Waals surface area contributed by atoms with Crippen LogP contribution in [0.1, 0.15) is 13.3 Å². The molecule has 4 nitrogen and oxygen atoms in total. The second-order valence-corrected chi connectivity index (χ2v) is 5.29. The number of halogens is 2. The molecule has 0 spiro atoms. The topological polar surface area (TPSA) is 58.4 Å². The Labute approximate surface area is 116 Å². The molecule has 20 heavy (non-hydrogen) atoms. The Bertz CT molecular complexity index is 473. The highest BCUT2D eigenvalue weighted by molar-refractivity contribution is 5.92. The van der Waals surface area contributed by atoms with Gasteiger partial charge in [0, 0.05) is 12.6 Å². The largest absolute Gasteiger partial charge is 0.328 e. The first-order valence-corrected chi connectivity index (χ1v) is 6.69. The zero-order valence-electron chi connectivity index (χ0n) is 11.4. The third kappa shape index (κ3) is 3.52. The van der Waals surface area contributed by atoms with Gasteiger partial charge in [-0.25, -0.2) is 8.78 Å². The number of carbonyl (C=O) groups excluding carboxylic acids is 1. The normalized spacial score (nSPS) is 20.9. The molecule has 1 saturated heterocycles. The van der Waals surface area contributed by atoms with Crippen LogP contribution in [0.2, 0.25) is 0 Å². The number of rotatable bonds is 4. The van der Waals surface area contributed by atoms with E-state index in [4.69, 9.17) is 5.73 Å². The van der Waals surface area contributed by atoms with Gasteiger partial charge in [-0.05, 0) is 37.9 Å². The quantitative estimate of drug-likeness (QED) is 0.882. The number of nitrogens with one attached hydrogen (secondary N) is 1. The predicted octanol–water partition coefficient (Wildman–Crippen LogP) is 1.57. The molecule has 0 aliphatic carbocycles. The minimum absolute atomic E-state index is 0.0899. The van der Waals surface area contributed by atoms with Crippen LogP contribution in [0.25, 0.3) is 0 Å². The van der Waals surface area contributed by atoms with E-state index in [-0.39, 0.29) is 18.3 Å². The van der Waals surface area contributed by atoms with Crippen LogP contribution < -0.4 is 11.1 Å². The second-order valence-electron chi connectivity index (χ2n) is 5.29. The number of hydrogen-bond acceptors (Lipinski definition) is 3. The van der Waals surface area contributed by atoms with Crippen molar-refractivity contribution in [1.29, 1.82) is 0 Å². The van der Waals surface area contributed by atoms with E-state index in [1.54, 1.807) is 0 Å². The number of nitrogens with zero attached hydrogens (tertiary/aromatic N) is 1. The Morgan fingerprint density at radius 3 is 2.70 bits per heavy atom. The number of carbonyl (C=O) groups is 1. The molecule has 1 aliphatic heterocycles. The molecule has 110 valence electrons. The van der Waals surface area contributed by atoms with Gasteiger partial charge in [-0.1, -0.05) is 6.07 Å². The van der Waals surface area contributed by atoms with Crippen LogP contribution in [-0.2, 0) is 4.79 Å². The molecule has 1 aromatic rings. The van der Waals surface area contributed by atoms with Gasteiger partial charge >= 0.3 is 0 Å². The van der Waals surface area contributed by atoms with Gasteiger partial charge in [0.2, 0.25) is 5.91 Å². The summed E-state index contributed by atoms with van der Waals surface area (Å²) in [5.41, 5.74) is 5.44. The summed E-state index contributed by atoms with van der Waals surface area (Å²) < 4.78 is 26.8. The van der Waals surface area contributed by atoms with Crippen molar-refractivity contribution in [2.24, 2.45) is 11.7 Å². The summed E-state index contributed by atoms with van der Waals surface area (Å²) in [6.45, 7) is 3.59. The van der Waals surface area contributed by atoms with E-state index in [0.717, 1.165) is 31.6 Å². The van der Waals surface area contributed by atoms with Crippen LogP contribution in [-0.4, -0.2) is 36.5 Å². The van der Waals surface area contributed by atoms with Crippen LogP contribution in [0.4, 0.5) is 14.5 Å². The predicted molar refractivity (Wildman–Crippen MR) is 73.2 cm³/mol. The lowest BCUT2D eigenvalue weighted by Crippen LogP contribution is -2.34. The lowest BCUT2D eigenvalue weighted by molar-refractivity contribution is -0.117. The minimum Gasteiger partial charge on any atom is -0.328 e. The molecule has 1 fully saturated rings. The first-order valence-electron chi connectivity index (χ1n) is 6.69. The highest BCUT2D eigenvalue weighted by Crippen LogP contribution is 2.20. The number of likely N-dealkylation sites (tertiary alicyclic amines) is 1. The van der Waals surface area contributed by atoms with Crippen LogP contribution in [0.3, 0.4) is 0 Å². The van der Waals surface area contributed by atoms with Crippen LogP contribution in [0.5, 0.6) is 0 Å². The van der Waals surface area contributed by atoms with Crippen molar-refractivity contribution >= 4 is 11.6 Å². The fourth-order valence-corrected chi connectivity index (χ4v) is 2.43. The number of para-hydroxylation sites is 1. The highest BCUT2D eigenvalue weighted by Gasteiger charge is 2.26. The average Bonchev–Trinajstić information content (AvgIpc) is 2.82. The summed E-state index contributed by atoms with van der Waals surface area (Å²) in [5.74, 6) is -1.59. The van der Waals surface area contributed by atoms with Gasteiger partial charge in [0.25, 0.3) is 0 Å². The van der Waals surface area contributed by atoms with E-state index in [1.807, 2.05) is 11.8 Å². The summed E-state index contributed by atoms with van der Waals surface area (Å²) in [5, 5.41) is 2.29. The molecule has 1 amide bonds. The average molecular weight is 283 g/mol. The molecule has 0 aromatic heterocycles. The lowest BCUT2D eigenvalue weighted by atomic mass is 10.0. The van der Waals surface area contributed by atoms with Crippen molar-refractivity contribution in [2.45, 2.75) is 19.4 Å². The number of benzene rings is 1. The highest BCUT2D eigenvalue weighted by atomic mass is 19.1. The monoisotopic (exact) mass is 283 g/mol. The Kier molecular flexibility index (Phi) is 4.67. The first kappa shape index (κ1) is 14.9. The van der Waals surface area contributed by atoms with Crippen molar-refractivity contribution in [3.8, 4) is 0 Å². The standard InChI is InChI=1S/C14H19F2N3O/c1-9(17)10-5-6-19(7-10)8-13(20)18-14-11(15)3-2-4-12(14)16/h2-4,9-10H,5-8,17H2,1H3,(H,18,20). The Morgan fingerprint density at radius 1 is 1.50 bits per heavy atom. The summed E-state index contributed by atoms with van der Waals surface area (Å²) >= 11 is 0. The summed E-state index contributed by atoms with van der Waals surface area (Å²) in [6, 6.07) is 3.57. The summed E-state index contributed by atoms with van der Waals surface area (Å²) in [7, 11) is 0. The maximum atomic E-state index is 13.4. The van der Waals surface area contributed by atoms with Crippen molar-refractivity contribution in [3.63, 3.8) is 0 Å². The van der Waals surface area contributed by atoms with E-state index >= 15 is 0 Å². The summed E-state index contributed by atoms with van der Waals surface area (Å²) in [6.07, 6.45) is 0.943. The van der Waals surface area contributed by atoms with Gasteiger partial charge in [-0.3, -0.25) is 9.69 Å². The van der Waals surface area contributed by atoms with Gasteiger partial charge in [0.1, 0.15) is 17.3 Å². The molecule has 0 saturated carbocycles. The van der Waals surface area contributed by atoms with Gasteiger partial charge in [0.15, 0.2) is 0 Å². The fourth-order valence-electron chi connectivity index (χ4n) is 2.43. The van der Waals surface area contributed by atoms with Gasteiger partial charge < -0.3 is 11.1 Å². The van der Waals surface area contributed by atoms with Crippen molar-refractivity contribution in [3.05, 3.63) is 29.8 Å². The second kappa shape index (κ2) is 6.28. The number of anilines is 1. The van der Waals surface area contributed by atoms with E-state index < -0.39 is 17.5 Å². The number of hydrogen-bond donors (Lipinski definition) is 2. The van der Waals surface area contributed by atoms with E-state index in [2.05, 4.69) is 5.32 Å². The van der Waals surface area contributed by atoms with Gasteiger partial charge in [-0.2, -0.15) is 0 Å². The molecule has 1 aromatic carbocycles. The number of amides is 1. The number of nitrogens with two attached hydrogens (primary N) is 1. The Morgan fingerprint density at radius 2 is 2.15 bits per heavy atom. The third-order valence-corrected chi connectivity index (χ3v) is 3.65. The molecule has 1 heterocycles. The molecule has 1 aliphatic rings. The molecule has 2 rings (SSSR count). The lowest BCUT2D eigenvalue weighted by Gasteiger charge is -2.17. The molecule has 0 bridgehead atoms. The SMILES string of the molecule is CC(N)C1CCN(CC(=O)Nc2c(F)cccc2F)C1. The molecule has 0 radical (unpaired) electrons. The Balaban J connectivity index is 1.91. The van der Waals surface area contributed by atoms with Gasteiger partial charge in [-0.15, -0.1) is 0 Å². The Hall–Kier alpha value is -1.53. The van der Waals surface area contributed by atoms with Crippen molar-refractivity contribution in [2.75, 3.05) is 25.0 Å². The molecule has 2 atom stereocenters. The zero-order valence-corrected chi connectivity index (χ0v) is 11.4. The van der Waals surface area contributed by atoms with E-state index in [9.17, 15) is 13.6 Å². The van der Waals surface area contributed by atoms with E-state index in [1.165, 1.54) is 6.07 Å². The van der Waals surface area contributed by atoms with Gasteiger partial charge in [0.05, 0.1) is 6.54 Å². The minimum atomic E-state index is -0.770. The van der Waals surface area contributed by atoms with Crippen molar-refractivity contribution in [1.82, 2.24) is 4.90 Å². The molecule has 2 unspecified atom stereocenters. The van der Waals surface area contributed by atoms with E-state index in [0.29, 0.717) is 5.92 Å². The molecule has 6 heteroatoms. The fraction of sp³-hybridized carbons (Fsp3) is 0.500. The molecule has 3 N–H and O–H groups in total. The van der Waals surface area contributed by atoms with Crippen molar-refractivity contribution < 1.29 is 13.6 Å². The zero-order chi connectivity index (χ0) is 14.7. The van der Waals surface area contributed by atoms with Crippen LogP contribution in [0.15, 0.2) is 18.2 Å². The van der Waals surface area contributed by atoms with Crippen LogP contribution >= 0.6 is 0 Å². The molecular weight excluding hydrogens is 264 g/mol.